The van der Waals surface area contributed by atoms with Gasteiger partial charge in [0.05, 0.1) is 24.3 Å². The van der Waals surface area contributed by atoms with Crippen LogP contribution in [0.1, 0.15) is 12.8 Å². The maximum atomic E-state index is 13.2. The minimum Gasteiger partial charge on any atom is -0.490 e. The third-order valence-electron chi connectivity index (χ3n) is 5.09. The number of fused-ring (bicyclic) bond motifs is 1. The van der Waals surface area contributed by atoms with E-state index in [1.54, 1.807) is 13.1 Å². The molecule has 164 valence electrons. The summed E-state index contributed by atoms with van der Waals surface area (Å²) in [4.78, 5) is 0.208. The molecule has 10 nitrogen and oxygen atoms in total. The van der Waals surface area contributed by atoms with Crippen molar-refractivity contribution in [2.45, 2.75) is 22.6 Å². The van der Waals surface area contributed by atoms with Crippen LogP contribution in [0.4, 0.5) is 0 Å². The molecule has 4 rings (SSSR count). The minimum absolute atomic E-state index is 0.0657. The van der Waals surface area contributed by atoms with Crippen molar-refractivity contribution in [2.24, 2.45) is 7.05 Å². The lowest BCUT2D eigenvalue weighted by atomic mass is 10.3. The Hall–Kier alpha value is -2.15. The minimum atomic E-state index is -3.80. The summed E-state index contributed by atoms with van der Waals surface area (Å²) in [5.41, 5.74) is 0. The summed E-state index contributed by atoms with van der Waals surface area (Å²) in [6.45, 7) is 1.59. The third-order valence-corrected chi connectivity index (χ3v) is 8.84. The van der Waals surface area contributed by atoms with Crippen molar-refractivity contribution in [3.63, 3.8) is 0 Å². The standard InChI is InChI=1S/C18H24N4O6S2/c1-20-14-16(13-19-20)30(25,26)22-7-2-6-21(8-9-22)29(23,24)15-4-5-17-18(12-15)28-11-3-10-27-17/h4-5,12-14H,2-3,6-11H2,1H3. The first kappa shape index (κ1) is 21.1. The fourth-order valence-corrected chi connectivity index (χ4v) is 6.43. The highest BCUT2D eigenvalue weighted by molar-refractivity contribution is 7.89. The van der Waals surface area contributed by atoms with Crippen molar-refractivity contribution in [3.05, 3.63) is 30.6 Å². The molecule has 2 aromatic rings. The van der Waals surface area contributed by atoms with Gasteiger partial charge in [-0.2, -0.15) is 13.7 Å². The number of ether oxygens (including phenoxy) is 2. The second-order valence-corrected chi connectivity index (χ2v) is 11.0. The van der Waals surface area contributed by atoms with Crippen molar-refractivity contribution in [2.75, 3.05) is 39.4 Å². The van der Waals surface area contributed by atoms with Crippen LogP contribution in [0.2, 0.25) is 0 Å². The lowest BCUT2D eigenvalue weighted by Crippen LogP contribution is -2.37. The van der Waals surface area contributed by atoms with E-state index in [0.717, 1.165) is 6.42 Å². The SMILES string of the molecule is Cn1cc(S(=O)(=O)N2CCCN(S(=O)(=O)c3ccc4c(c3)OCCCO4)CC2)cn1. The van der Waals surface area contributed by atoms with Crippen molar-refractivity contribution >= 4 is 20.0 Å². The predicted octanol–water partition coefficient (Wildman–Crippen LogP) is 0.667. The Labute approximate surface area is 176 Å². The van der Waals surface area contributed by atoms with Crippen LogP contribution in [0.15, 0.2) is 40.4 Å². The molecule has 0 bridgehead atoms. The summed E-state index contributed by atoms with van der Waals surface area (Å²) in [6.07, 6.45) is 3.85. The maximum Gasteiger partial charge on any atom is 0.246 e. The molecule has 1 fully saturated rings. The van der Waals surface area contributed by atoms with E-state index in [1.165, 1.54) is 37.8 Å². The molecule has 1 saturated heterocycles. The van der Waals surface area contributed by atoms with Crippen LogP contribution in [-0.2, 0) is 27.1 Å². The molecule has 0 N–H and O–H groups in total. The first-order valence-corrected chi connectivity index (χ1v) is 12.5. The summed E-state index contributed by atoms with van der Waals surface area (Å²) in [5.74, 6) is 0.931. The molecule has 3 heterocycles. The monoisotopic (exact) mass is 456 g/mol. The molecule has 0 saturated carbocycles. The van der Waals surface area contributed by atoms with Gasteiger partial charge in [0, 0.05) is 51.9 Å². The van der Waals surface area contributed by atoms with E-state index < -0.39 is 20.0 Å². The van der Waals surface area contributed by atoms with Crippen molar-refractivity contribution in [1.82, 2.24) is 18.4 Å². The molecule has 0 spiro atoms. The number of benzene rings is 1. The molecule has 1 aromatic carbocycles. The average molecular weight is 457 g/mol. The van der Waals surface area contributed by atoms with E-state index in [-0.39, 0.29) is 36.0 Å². The van der Waals surface area contributed by atoms with E-state index >= 15 is 0 Å². The fraction of sp³-hybridized carbons (Fsp3) is 0.500. The van der Waals surface area contributed by atoms with Crippen LogP contribution in [0, 0.1) is 0 Å². The first-order chi connectivity index (χ1) is 14.3. The summed E-state index contributed by atoms with van der Waals surface area (Å²) in [6, 6.07) is 4.58. The molecule has 2 aliphatic rings. The number of hydrogen-bond acceptors (Lipinski definition) is 7. The Morgan fingerprint density at radius 3 is 2.10 bits per heavy atom. The molecule has 0 atom stereocenters. The summed E-state index contributed by atoms with van der Waals surface area (Å²) < 4.78 is 67.3. The lowest BCUT2D eigenvalue weighted by molar-refractivity contribution is 0.296. The van der Waals surface area contributed by atoms with Gasteiger partial charge in [-0.1, -0.05) is 0 Å². The van der Waals surface area contributed by atoms with Gasteiger partial charge in [0.1, 0.15) is 4.90 Å². The van der Waals surface area contributed by atoms with E-state index in [0.29, 0.717) is 31.1 Å². The Morgan fingerprint density at radius 2 is 1.47 bits per heavy atom. The molecule has 0 amide bonds. The van der Waals surface area contributed by atoms with Gasteiger partial charge in [0.15, 0.2) is 11.5 Å². The maximum absolute atomic E-state index is 13.2. The summed E-state index contributed by atoms with van der Waals surface area (Å²) in [7, 11) is -5.88. The molecule has 12 heteroatoms. The topological polar surface area (TPSA) is 111 Å². The highest BCUT2D eigenvalue weighted by Crippen LogP contribution is 2.33. The molecule has 0 unspecified atom stereocenters. The number of aryl methyl sites for hydroxylation is 1. The second-order valence-electron chi connectivity index (χ2n) is 7.17. The zero-order valence-electron chi connectivity index (χ0n) is 16.6. The van der Waals surface area contributed by atoms with E-state index in [4.69, 9.17) is 9.47 Å². The van der Waals surface area contributed by atoms with Crippen LogP contribution in [0.3, 0.4) is 0 Å². The van der Waals surface area contributed by atoms with Crippen LogP contribution in [0.5, 0.6) is 11.5 Å². The lowest BCUT2D eigenvalue weighted by Gasteiger charge is -2.21. The predicted molar refractivity (Wildman–Crippen MR) is 107 cm³/mol. The molecule has 0 aliphatic carbocycles. The largest absolute Gasteiger partial charge is 0.490 e. The first-order valence-electron chi connectivity index (χ1n) is 9.67. The van der Waals surface area contributed by atoms with Gasteiger partial charge in [-0.3, -0.25) is 4.68 Å². The molecular weight excluding hydrogens is 432 g/mol. The summed E-state index contributed by atoms with van der Waals surface area (Å²) >= 11 is 0. The number of nitrogens with zero attached hydrogens (tertiary/aromatic N) is 4. The molecule has 30 heavy (non-hydrogen) atoms. The van der Waals surface area contributed by atoms with Gasteiger partial charge in [-0.15, -0.1) is 0 Å². The Morgan fingerprint density at radius 1 is 0.833 bits per heavy atom. The zero-order valence-corrected chi connectivity index (χ0v) is 18.2. The van der Waals surface area contributed by atoms with Gasteiger partial charge in [0.2, 0.25) is 20.0 Å². The van der Waals surface area contributed by atoms with E-state index in [2.05, 4.69) is 5.10 Å². The highest BCUT2D eigenvalue weighted by Gasteiger charge is 2.32. The van der Waals surface area contributed by atoms with Crippen molar-refractivity contribution in [3.8, 4) is 11.5 Å². The third kappa shape index (κ3) is 4.04. The van der Waals surface area contributed by atoms with Crippen LogP contribution in [-0.4, -0.2) is 74.6 Å². The van der Waals surface area contributed by atoms with Gasteiger partial charge < -0.3 is 9.47 Å². The second kappa shape index (κ2) is 8.17. The zero-order chi connectivity index (χ0) is 21.4. The quantitative estimate of drug-likeness (QED) is 0.665. The molecule has 0 radical (unpaired) electrons. The van der Waals surface area contributed by atoms with Crippen LogP contribution < -0.4 is 9.47 Å². The Balaban J connectivity index is 1.53. The van der Waals surface area contributed by atoms with E-state index in [1.807, 2.05) is 0 Å². The van der Waals surface area contributed by atoms with Crippen LogP contribution in [0.25, 0.3) is 0 Å². The molecule has 1 aromatic heterocycles. The van der Waals surface area contributed by atoms with Gasteiger partial charge in [-0.25, -0.2) is 16.8 Å². The summed E-state index contributed by atoms with van der Waals surface area (Å²) in [5, 5.41) is 3.92. The normalized spacial score (nSPS) is 19.2. The fourth-order valence-electron chi connectivity index (χ4n) is 3.49. The van der Waals surface area contributed by atoms with Crippen molar-refractivity contribution in [1.29, 1.82) is 0 Å². The van der Waals surface area contributed by atoms with Gasteiger partial charge >= 0.3 is 0 Å². The number of aromatic nitrogens is 2. The van der Waals surface area contributed by atoms with Crippen LogP contribution >= 0.6 is 0 Å². The number of rotatable bonds is 4. The van der Waals surface area contributed by atoms with Crippen molar-refractivity contribution < 1.29 is 26.3 Å². The van der Waals surface area contributed by atoms with Gasteiger partial charge in [0.25, 0.3) is 0 Å². The van der Waals surface area contributed by atoms with Gasteiger partial charge in [-0.05, 0) is 18.6 Å². The Bertz CT molecular complexity index is 1130. The smallest absolute Gasteiger partial charge is 0.246 e. The number of hydrogen-bond donors (Lipinski definition) is 0. The highest BCUT2D eigenvalue weighted by atomic mass is 32.2. The molecule has 2 aliphatic heterocycles. The Kier molecular flexibility index (Phi) is 5.75. The number of sulfonamides is 2. The average Bonchev–Trinajstić information content (AvgIpc) is 2.91. The van der Waals surface area contributed by atoms with E-state index in [9.17, 15) is 16.8 Å². The molecular formula is C18H24N4O6S2.